The highest BCUT2D eigenvalue weighted by molar-refractivity contribution is 6.30. The van der Waals surface area contributed by atoms with Crippen molar-refractivity contribution >= 4 is 23.3 Å². The molecule has 2 aromatic carbocycles. The molecule has 0 aliphatic carbocycles. The van der Waals surface area contributed by atoms with E-state index in [1.807, 2.05) is 47.0 Å². The van der Waals surface area contributed by atoms with E-state index in [-0.39, 0.29) is 5.91 Å². The monoisotopic (exact) mass is 311 g/mol. The third-order valence-corrected chi connectivity index (χ3v) is 3.40. The summed E-state index contributed by atoms with van der Waals surface area (Å²) in [4.78, 5) is 16.2. The molecule has 0 bridgehead atoms. The van der Waals surface area contributed by atoms with Crippen molar-refractivity contribution in [1.82, 2.24) is 9.55 Å². The third-order valence-electron chi connectivity index (χ3n) is 3.17. The van der Waals surface area contributed by atoms with E-state index < -0.39 is 0 Å². The predicted octanol–water partition coefficient (Wildman–Crippen LogP) is 3.84. The molecule has 0 saturated carbocycles. The number of carbonyl (C=O) groups excluding carboxylic acids is 1. The van der Waals surface area contributed by atoms with Crippen LogP contribution < -0.4 is 5.32 Å². The quantitative estimate of drug-likeness (QED) is 0.796. The Morgan fingerprint density at radius 3 is 2.73 bits per heavy atom. The zero-order chi connectivity index (χ0) is 15.4. The van der Waals surface area contributed by atoms with Crippen LogP contribution in [0.25, 0.3) is 0 Å². The van der Waals surface area contributed by atoms with Gasteiger partial charge in [0.05, 0.1) is 6.33 Å². The van der Waals surface area contributed by atoms with Gasteiger partial charge in [-0.25, -0.2) is 4.98 Å². The van der Waals surface area contributed by atoms with Gasteiger partial charge in [-0.3, -0.25) is 4.79 Å². The summed E-state index contributed by atoms with van der Waals surface area (Å²) >= 11 is 5.97. The Balaban J connectivity index is 1.68. The maximum atomic E-state index is 12.0. The Morgan fingerprint density at radius 1 is 1.14 bits per heavy atom. The first-order valence-corrected chi connectivity index (χ1v) is 7.21. The fourth-order valence-electron chi connectivity index (χ4n) is 2.14. The molecule has 1 N–H and O–H groups in total. The van der Waals surface area contributed by atoms with E-state index in [4.69, 9.17) is 11.6 Å². The number of halogens is 1. The molecule has 1 aromatic heterocycles. The van der Waals surface area contributed by atoms with E-state index >= 15 is 0 Å². The molecule has 0 aliphatic heterocycles. The van der Waals surface area contributed by atoms with Crippen molar-refractivity contribution in [2.24, 2.45) is 0 Å². The van der Waals surface area contributed by atoms with Gasteiger partial charge in [0.2, 0.25) is 0 Å². The number of aromatic nitrogens is 2. The number of nitrogens with zero attached hydrogens (tertiary/aromatic N) is 2. The smallest absolute Gasteiger partial charge is 0.256 e. The van der Waals surface area contributed by atoms with Gasteiger partial charge in [-0.15, -0.1) is 0 Å². The number of amides is 1. The number of imidazole rings is 1. The summed E-state index contributed by atoms with van der Waals surface area (Å²) in [5.74, 6) is 0.351. The molecule has 3 aromatic rings. The number of hydrogen-bond acceptors (Lipinski definition) is 2. The standard InChI is InChI=1S/C17H14ClN3O/c18-15-8-4-5-13(9-15)10-21-11-16(19-12-21)20-17(22)14-6-2-1-3-7-14/h1-9,11-12H,10H2,(H,20,22). The Morgan fingerprint density at radius 2 is 1.95 bits per heavy atom. The summed E-state index contributed by atoms with van der Waals surface area (Å²) in [7, 11) is 0. The van der Waals surface area contributed by atoms with E-state index in [2.05, 4.69) is 10.3 Å². The highest BCUT2D eigenvalue weighted by Crippen LogP contribution is 2.13. The van der Waals surface area contributed by atoms with Crippen molar-refractivity contribution in [1.29, 1.82) is 0 Å². The predicted molar refractivity (Wildman–Crippen MR) is 87.2 cm³/mol. The van der Waals surface area contributed by atoms with Crippen LogP contribution in [0.15, 0.2) is 67.1 Å². The van der Waals surface area contributed by atoms with Gasteiger partial charge in [0, 0.05) is 23.3 Å². The molecule has 3 rings (SSSR count). The Labute approximate surface area is 133 Å². The van der Waals surface area contributed by atoms with Crippen molar-refractivity contribution in [3.05, 3.63) is 83.3 Å². The van der Waals surface area contributed by atoms with Gasteiger partial charge in [-0.1, -0.05) is 41.9 Å². The lowest BCUT2D eigenvalue weighted by Gasteiger charge is -2.03. The minimum Gasteiger partial charge on any atom is -0.331 e. The molecule has 0 saturated heterocycles. The van der Waals surface area contributed by atoms with Crippen LogP contribution >= 0.6 is 11.6 Å². The third kappa shape index (κ3) is 3.54. The first-order chi connectivity index (χ1) is 10.7. The second kappa shape index (κ2) is 6.45. The van der Waals surface area contributed by atoms with Crippen molar-refractivity contribution < 1.29 is 4.79 Å². The van der Waals surface area contributed by atoms with Crippen molar-refractivity contribution in [2.75, 3.05) is 5.32 Å². The topological polar surface area (TPSA) is 46.9 Å². The van der Waals surface area contributed by atoms with Crippen molar-refractivity contribution in [3.8, 4) is 0 Å². The maximum absolute atomic E-state index is 12.0. The highest BCUT2D eigenvalue weighted by atomic mass is 35.5. The highest BCUT2D eigenvalue weighted by Gasteiger charge is 2.07. The summed E-state index contributed by atoms with van der Waals surface area (Å²) in [5, 5.41) is 3.48. The molecule has 110 valence electrons. The fourth-order valence-corrected chi connectivity index (χ4v) is 2.35. The van der Waals surface area contributed by atoms with Crippen LogP contribution in [0.2, 0.25) is 5.02 Å². The molecule has 1 amide bonds. The minimum absolute atomic E-state index is 0.173. The number of hydrogen-bond donors (Lipinski definition) is 1. The second-order valence-corrected chi connectivity index (χ2v) is 5.32. The summed E-state index contributed by atoms with van der Waals surface area (Å²) in [6.07, 6.45) is 3.48. The Bertz CT molecular complexity index is 783. The minimum atomic E-state index is -0.173. The molecule has 0 aliphatic rings. The summed E-state index contributed by atoms with van der Waals surface area (Å²) in [5.41, 5.74) is 1.68. The molecule has 0 atom stereocenters. The molecule has 0 fully saturated rings. The number of rotatable bonds is 4. The van der Waals surface area contributed by atoms with Gasteiger partial charge in [-0.05, 0) is 29.8 Å². The first-order valence-electron chi connectivity index (χ1n) is 6.83. The van der Waals surface area contributed by atoms with E-state index in [1.165, 1.54) is 0 Å². The first kappa shape index (κ1) is 14.4. The van der Waals surface area contributed by atoms with Gasteiger partial charge >= 0.3 is 0 Å². The second-order valence-electron chi connectivity index (χ2n) is 4.88. The summed E-state index contributed by atoms with van der Waals surface area (Å²) in [6, 6.07) is 16.7. The number of benzene rings is 2. The van der Waals surface area contributed by atoms with Crippen LogP contribution in [-0.2, 0) is 6.54 Å². The zero-order valence-corrected chi connectivity index (χ0v) is 12.5. The average Bonchev–Trinajstić information content (AvgIpc) is 2.95. The molecular formula is C17H14ClN3O. The van der Waals surface area contributed by atoms with Gasteiger partial charge < -0.3 is 9.88 Å². The molecule has 0 unspecified atom stereocenters. The van der Waals surface area contributed by atoms with Crippen molar-refractivity contribution in [3.63, 3.8) is 0 Å². The van der Waals surface area contributed by atoms with E-state index in [0.29, 0.717) is 22.9 Å². The number of nitrogens with one attached hydrogen (secondary N) is 1. The summed E-state index contributed by atoms with van der Waals surface area (Å²) in [6.45, 7) is 0.648. The van der Waals surface area contributed by atoms with Crippen LogP contribution in [0.3, 0.4) is 0 Å². The largest absolute Gasteiger partial charge is 0.331 e. The lowest BCUT2D eigenvalue weighted by Crippen LogP contribution is -2.11. The molecule has 0 spiro atoms. The van der Waals surface area contributed by atoms with Crippen molar-refractivity contribution in [2.45, 2.75) is 6.54 Å². The van der Waals surface area contributed by atoms with Gasteiger partial charge in [0.1, 0.15) is 0 Å². The normalized spacial score (nSPS) is 10.4. The molecule has 1 heterocycles. The Kier molecular flexibility index (Phi) is 4.21. The summed E-state index contributed by atoms with van der Waals surface area (Å²) < 4.78 is 1.90. The Hall–Kier alpha value is -2.59. The van der Waals surface area contributed by atoms with Gasteiger partial charge in [0.25, 0.3) is 5.91 Å². The SMILES string of the molecule is O=C(Nc1cn(Cc2cccc(Cl)c2)cn1)c1ccccc1. The lowest BCUT2D eigenvalue weighted by molar-refractivity contribution is 0.102. The van der Waals surface area contributed by atoms with E-state index in [0.717, 1.165) is 5.56 Å². The average molecular weight is 312 g/mol. The number of anilines is 1. The molecule has 4 nitrogen and oxygen atoms in total. The van der Waals surface area contributed by atoms with Crippen LogP contribution in [0.5, 0.6) is 0 Å². The molecule has 22 heavy (non-hydrogen) atoms. The molecular weight excluding hydrogens is 298 g/mol. The van der Waals surface area contributed by atoms with Gasteiger partial charge in [-0.2, -0.15) is 0 Å². The fraction of sp³-hybridized carbons (Fsp3) is 0.0588. The zero-order valence-electron chi connectivity index (χ0n) is 11.7. The molecule has 5 heteroatoms. The van der Waals surface area contributed by atoms with Crippen LogP contribution in [0.4, 0.5) is 5.82 Å². The van der Waals surface area contributed by atoms with Gasteiger partial charge in [0.15, 0.2) is 5.82 Å². The lowest BCUT2D eigenvalue weighted by atomic mass is 10.2. The maximum Gasteiger partial charge on any atom is 0.256 e. The van der Waals surface area contributed by atoms with Crippen LogP contribution in [0.1, 0.15) is 15.9 Å². The van der Waals surface area contributed by atoms with Crippen LogP contribution in [0, 0.1) is 0 Å². The number of carbonyl (C=O) groups is 1. The van der Waals surface area contributed by atoms with E-state index in [9.17, 15) is 4.79 Å². The van der Waals surface area contributed by atoms with Crippen LogP contribution in [-0.4, -0.2) is 15.5 Å². The van der Waals surface area contributed by atoms with E-state index in [1.54, 1.807) is 24.7 Å². The molecule has 0 radical (unpaired) electrons.